The van der Waals surface area contributed by atoms with E-state index >= 15 is 0 Å². The van der Waals surface area contributed by atoms with E-state index in [0.717, 1.165) is 12.5 Å². The monoisotopic (exact) mass is 399 g/mol. The van der Waals surface area contributed by atoms with Crippen LogP contribution in [0, 0.1) is 5.82 Å². The van der Waals surface area contributed by atoms with Crippen LogP contribution in [0.4, 0.5) is 17.6 Å². The van der Waals surface area contributed by atoms with Crippen molar-refractivity contribution in [2.24, 2.45) is 0 Å². The highest BCUT2D eigenvalue weighted by atomic mass is 19.4. The molecule has 0 amide bonds. The van der Waals surface area contributed by atoms with Gasteiger partial charge < -0.3 is 14.5 Å². The number of alkyl halides is 3. The molecule has 1 aromatic carbocycles. The summed E-state index contributed by atoms with van der Waals surface area (Å²) in [7, 11) is 0. The summed E-state index contributed by atoms with van der Waals surface area (Å²) in [6.07, 6.45) is -1.95. The largest absolute Gasteiger partial charge is 0.404 e. The lowest BCUT2D eigenvalue weighted by Gasteiger charge is -2.38. The van der Waals surface area contributed by atoms with E-state index in [0.29, 0.717) is 25.8 Å². The Bertz CT molecular complexity index is 850. The van der Waals surface area contributed by atoms with Gasteiger partial charge in [0.15, 0.2) is 5.41 Å². The fourth-order valence-corrected chi connectivity index (χ4v) is 3.97. The van der Waals surface area contributed by atoms with E-state index in [1.54, 1.807) is 4.90 Å². The van der Waals surface area contributed by atoms with Crippen molar-refractivity contribution in [1.82, 2.24) is 15.0 Å². The lowest BCUT2D eigenvalue weighted by atomic mass is 9.78. The van der Waals surface area contributed by atoms with Crippen molar-refractivity contribution in [3.8, 4) is 11.4 Å². The van der Waals surface area contributed by atoms with Crippen LogP contribution in [0.25, 0.3) is 11.4 Å². The molecule has 0 spiro atoms. The molecule has 2 aliphatic rings. The summed E-state index contributed by atoms with van der Waals surface area (Å²) >= 11 is 0. The molecule has 9 heteroatoms. The van der Waals surface area contributed by atoms with E-state index in [4.69, 9.17) is 4.52 Å². The lowest BCUT2D eigenvalue weighted by molar-refractivity contribution is -0.193. The second-order valence-electron chi connectivity index (χ2n) is 7.87. The quantitative estimate of drug-likeness (QED) is 0.777. The summed E-state index contributed by atoms with van der Waals surface area (Å²) in [6, 6.07) is 5.32. The molecular formula is C19H21F4N3O2. The van der Waals surface area contributed by atoms with Gasteiger partial charge in [-0.15, -0.1) is 0 Å². The van der Waals surface area contributed by atoms with Crippen molar-refractivity contribution >= 4 is 0 Å². The van der Waals surface area contributed by atoms with E-state index in [9.17, 15) is 22.7 Å². The zero-order chi connectivity index (χ0) is 20.0. The van der Waals surface area contributed by atoms with Gasteiger partial charge >= 0.3 is 6.18 Å². The van der Waals surface area contributed by atoms with Gasteiger partial charge in [-0.25, -0.2) is 4.39 Å². The van der Waals surface area contributed by atoms with Gasteiger partial charge in [0.25, 0.3) is 0 Å². The van der Waals surface area contributed by atoms with Gasteiger partial charge in [-0.05, 0) is 50.8 Å². The van der Waals surface area contributed by atoms with Crippen LogP contribution in [0.5, 0.6) is 0 Å². The van der Waals surface area contributed by atoms with E-state index in [-0.39, 0.29) is 30.9 Å². The Hall–Kier alpha value is -2.00. The van der Waals surface area contributed by atoms with E-state index in [2.05, 4.69) is 10.1 Å². The average molecular weight is 399 g/mol. The molecule has 2 heterocycles. The van der Waals surface area contributed by atoms with Crippen LogP contribution in [-0.2, 0) is 5.41 Å². The van der Waals surface area contributed by atoms with Crippen LogP contribution in [0.3, 0.4) is 0 Å². The molecule has 1 N–H and O–H groups in total. The second-order valence-corrected chi connectivity index (χ2v) is 7.87. The molecule has 1 aromatic heterocycles. The molecule has 28 heavy (non-hydrogen) atoms. The highest BCUT2D eigenvalue weighted by Crippen LogP contribution is 2.47. The summed E-state index contributed by atoms with van der Waals surface area (Å²) in [5.41, 5.74) is -2.74. The highest BCUT2D eigenvalue weighted by molar-refractivity contribution is 5.54. The Morgan fingerprint density at radius 1 is 1.21 bits per heavy atom. The second kappa shape index (κ2) is 6.81. The molecule has 2 aromatic rings. The van der Waals surface area contributed by atoms with Gasteiger partial charge in [0.05, 0.1) is 5.60 Å². The van der Waals surface area contributed by atoms with Gasteiger partial charge in [0.2, 0.25) is 11.7 Å². The minimum atomic E-state index is -4.57. The SMILES string of the molecule is OC1(CCN2CCC(c3nc(-c4cccc(F)c4)no3)(C(F)(F)F)C2)CCC1. The maximum Gasteiger partial charge on any atom is 0.404 e. The zero-order valence-electron chi connectivity index (χ0n) is 15.2. The number of hydrogen-bond acceptors (Lipinski definition) is 5. The van der Waals surface area contributed by atoms with E-state index < -0.39 is 28.9 Å². The molecule has 1 unspecified atom stereocenters. The predicted octanol–water partition coefficient (Wildman–Crippen LogP) is 3.69. The highest BCUT2D eigenvalue weighted by Gasteiger charge is 2.62. The van der Waals surface area contributed by atoms with Crippen molar-refractivity contribution in [2.45, 2.75) is 49.3 Å². The Kier molecular flexibility index (Phi) is 4.70. The summed E-state index contributed by atoms with van der Waals surface area (Å²) in [6.45, 7) is 0.323. The van der Waals surface area contributed by atoms with Crippen molar-refractivity contribution in [3.05, 3.63) is 36.0 Å². The van der Waals surface area contributed by atoms with Crippen molar-refractivity contribution in [3.63, 3.8) is 0 Å². The summed E-state index contributed by atoms with van der Waals surface area (Å²) in [5, 5.41) is 13.9. The third-order valence-corrected chi connectivity index (χ3v) is 5.99. The fraction of sp³-hybridized carbons (Fsp3) is 0.579. The number of rotatable bonds is 5. The van der Waals surface area contributed by atoms with E-state index in [1.165, 1.54) is 18.2 Å². The molecule has 5 nitrogen and oxygen atoms in total. The molecular weight excluding hydrogens is 378 g/mol. The number of aromatic nitrogens is 2. The molecule has 1 saturated carbocycles. The van der Waals surface area contributed by atoms with Crippen molar-refractivity contribution in [2.75, 3.05) is 19.6 Å². The van der Waals surface area contributed by atoms with Crippen LogP contribution in [0.1, 0.15) is 38.0 Å². The number of halogens is 4. The molecule has 4 rings (SSSR count). The van der Waals surface area contributed by atoms with Gasteiger partial charge in [-0.2, -0.15) is 18.2 Å². The normalized spacial score (nSPS) is 25.0. The van der Waals surface area contributed by atoms with Gasteiger partial charge in [0.1, 0.15) is 5.82 Å². The maximum absolute atomic E-state index is 14.0. The lowest BCUT2D eigenvalue weighted by Crippen LogP contribution is -2.46. The van der Waals surface area contributed by atoms with Crippen molar-refractivity contribution in [1.29, 1.82) is 0 Å². The Morgan fingerprint density at radius 2 is 2.00 bits per heavy atom. The molecule has 1 aliphatic heterocycles. The van der Waals surface area contributed by atoms with Crippen LogP contribution < -0.4 is 0 Å². The first-order valence-electron chi connectivity index (χ1n) is 9.32. The Morgan fingerprint density at radius 3 is 2.64 bits per heavy atom. The fourth-order valence-electron chi connectivity index (χ4n) is 3.97. The molecule has 2 fully saturated rings. The molecule has 0 bridgehead atoms. The molecule has 152 valence electrons. The standard InChI is InChI=1S/C19H21F4N3O2/c20-14-4-1-3-13(11-14)15-24-16(28-25-15)18(19(21,22)23)8-10-26(12-18)9-7-17(27)5-2-6-17/h1,3-4,11,27H,2,5-10,12H2. The number of benzene rings is 1. The smallest absolute Gasteiger partial charge is 0.390 e. The number of hydrogen-bond donors (Lipinski definition) is 1. The Labute approximate surface area is 159 Å². The van der Waals surface area contributed by atoms with Crippen LogP contribution in [-0.4, -0.2) is 51.6 Å². The third-order valence-electron chi connectivity index (χ3n) is 5.99. The third kappa shape index (κ3) is 3.41. The van der Waals surface area contributed by atoms with Crippen molar-refractivity contribution < 1.29 is 27.2 Å². The minimum absolute atomic E-state index is 0.0691. The first-order valence-corrected chi connectivity index (χ1v) is 9.32. The zero-order valence-corrected chi connectivity index (χ0v) is 15.2. The summed E-state index contributed by atoms with van der Waals surface area (Å²) in [5.74, 6) is -1.10. The Balaban J connectivity index is 1.56. The van der Waals surface area contributed by atoms with Crippen LogP contribution in [0.15, 0.2) is 28.8 Å². The van der Waals surface area contributed by atoms with Gasteiger partial charge in [0, 0.05) is 18.7 Å². The van der Waals surface area contributed by atoms with Gasteiger partial charge in [-0.3, -0.25) is 0 Å². The first-order chi connectivity index (χ1) is 13.2. The van der Waals surface area contributed by atoms with Crippen LogP contribution >= 0.6 is 0 Å². The van der Waals surface area contributed by atoms with Gasteiger partial charge in [-0.1, -0.05) is 17.3 Å². The number of nitrogens with zero attached hydrogens (tertiary/aromatic N) is 3. The minimum Gasteiger partial charge on any atom is -0.390 e. The number of likely N-dealkylation sites (tertiary alicyclic amines) is 1. The summed E-state index contributed by atoms with van der Waals surface area (Å²) < 4.78 is 60.5. The maximum atomic E-state index is 14.0. The topological polar surface area (TPSA) is 62.4 Å². The summed E-state index contributed by atoms with van der Waals surface area (Å²) in [4.78, 5) is 5.66. The molecule has 1 aliphatic carbocycles. The molecule has 0 radical (unpaired) electrons. The van der Waals surface area contributed by atoms with Crippen LogP contribution in [0.2, 0.25) is 0 Å². The average Bonchev–Trinajstić information content (AvgIpc) is 3.25. The first kappa shape index (κ1) is 19.3. The molecule has 1 atom stereocenters. The number of aliphatic hydroxyl groups is 1. The molecule has 1 saturated heterocycles. The van der Waals surface area contributed by atoms with E-state index in [1.807, 2.05) is 0 Å². The predicted molar refractivity (Wildman–Crippen MR) is 91.9 cm³/mol.